The second-order valence-electron chi connectivity index (χ2n) is 5.68. The Morgan fingerprint density at radius 3 is 2.80 bits per heavy atom. The molecule has 1 atom stereocenters. The van der Waals surface area contributed by atoms with Crippen LogP contribution >= 0.6 is 0 Å². The summed E-state index contributed by atoms with van der Waals surface area (Å²) in [7, 11) is 0. The number of halogens is 1. The molecule has 2 heteroatoms. The van der Waals surface area contributed by atoms with E-state index >= 15 is 0 Å². The molecular weight excluding hydrogens is 189 g/mol. The Balaban J connectivity index is 1.94. The Morgan fingerprint density at radius 1 is 1.40 bits per heavy atom. The second kappa shape index (κ2) is 3.07. The van der Waals surface area contributed by atoms with E-state index in [1.165, 1.54) is 38.6 Å². The Labute approximate surface area is 91.3 Å². The summed E-state index contributed by atoms with van der Waals surface area (Å²) in [6, 6.07) is 0. The maximum Gasteiger partial charge on any atom is 0.0872 e. The first-order valence-corrected chi connectivity index (χ1v) is 6.29. The lowest BCUT2D eigenvalue weighted by Gasteiger charge is -2.37. The Bertz CT molecular complexity index is 306. The van der Waals surface area contributed by atoms with Gasteiger partial charge in [-0.05, 0) is 49.6 Å². The molecule has 0 amide bonds. The molecule has 3 aliphatic rings. The fourth-order valence-corrected chi connectivity index (χ4v) is 4.20. The summed E-state index contributed by atoms with van der Waals surface area (Å²) in [5.74, 6) is 0. The summed E-state index contributed by atoms with van der Waals surface area (Å²) in [5, 5.41) is 0. The summed E-state index contributed by atoms with van der Waals surface area (Å²) in [6.07, 6.45) is 8.53. The summed E-state index contributed by atoms with van der Waals surface area (Å²) < 4.78 is 12.7. The maximum absolute atomic E-state index is 12.7. The van der Waals surface area contributed by atoms with Crippen LogP contribution in [0.4, 0.5) is 4.39 Å². The van der Waals surface area contributed by atoms with E-state index in [9.17, 15) is 4.39 Å². The van der Waals surface area contributed by atoms with Crippen molar-refractivity contribution in [2.45, 2.75) is 51.0 Å². The van der Waals surface area contributed by atoms with E-state index in [0.29, 0.717) is 11.0 Å². The first-order valence-electron chi connectivity index (χ1n) is 6.29. The third kappa shape index (κ3) is 1.12. The molecule has 0 unspecified atom stereocenters. The molecule has 15 heavy (non-hydrogen) atoms. The molecule has 2 aliphatic heterocycles. The van der Waals surface area contributed by atoms with Gasteiger partial charge in [0.1, 0.15) is 0 Å². The molecule has 2 saturated heterocycles. The zero-order chi connectivity index (χ0) is 10.5. The van der Waals surface area contributed by atoms with Gasteiger partial charge in [-0.15, -0.1) is 0 Å². The van der Waals surface area contributed by atoms with Crippen molar-refractivity contribution in [1.82, 2.24) is 4.90 Å². The minimum atomic E-state index is 0.361. The highest BCUT2D eigenvalue weighted by Gasteiger charge is 2.66. The number of hydrogen-bond acceptors (Lipinski definition) is 1. The summed E-state index contributed by atoms with van der Waals surface area (Å²) >= 11 is 0. The molecule has 0 aromatic carbocycles. The first-order chi connectivity index (χ1) is 7.26. The minimum Gasteiger partial charge on any atom is -0.293 e. The largest absolute Gasteiger partial charge is 0.293 e. The zero-order valence-corrected chi connectivity index (χ0v) is 9.56. The third-order valence-electron chi connectivity index (χ3n) is 5.04. The van der Waals surface area contributed by atoms with Crippen LogP contribution in [0.15, 0.2) is 11.9 Å². The van der Waals surface area contributed by atoms with Gasteiger partial charge in [-0.3, -0.25) is 4.90 Å². The van der Waals surface area contributed by atoms with Gasteiger partial charge in [0.15, 0.2) is 0 Å². The van der Waals surface area contributed by atoms with Gasteiger partial charge in [-0.25, -0.2) is 4.39 Å². The molecule has 3 rings (SSSR count). The van der Waals surface area contributed by atoms with Crippen LogP contribution in [0.3, 0.4) is 0 Å². The van der Waals surface area contributed by atoms with Crippen molar-refractivity contribution in [1.29, 1.82) is 0 Å². The van der Waals surface area contributed by atoms with E-state index < -0.39 is 0 Å². The van der Waals surface area contributed by atoms with Crippen molar-refractivity contribution >= 4 is 0 Å². The highest BCUT2D eigenvalue weighted by atomic mass is 19.1. The predicted octanol–water partition coefficient (Wildman–Crippen LogP) is 3.27. The van der Waals surface area contributed by atoms with Gasteiger partial charge in [-0.2, -0.15) is 0 Å². The zero-order valence-electron chi connectivity index (χ0n) is 9.56. The van der Waals surface area contributed by atoms with Gasteiger partial charge < -0.3 is 0 Å². The second-order valence-corrected chi connectivity index (χ2v) is 5.68. The van der Waals surface area contributed by atoms with Gasteiger partial charge in [0.2, 0.25) is 0 Å². The average Bonchev–Trinajstić information content (AvgIpc) is 2.87. The molecule has 0 radical (unpaired) electrons. The Morgan fingerprint density at radius 2 is 2.20 bits per heavy atom. The Hall–Kier alpha value is -0.370. The topological polar surface area (TPSA) is 3.24 Å². The van der Waals surface area contributed by atoms with Crippen LogP contribution in [0.5, 0.6) is 0 Å². The van der Waals surface area contributed by atoms with Crippen molar-refractivity contribution in [2.24, 2.45) is 5.41 Å². The summed E-state index contributed by atoms with van der Waals surface area (Å²) in [4.78, 5) is 2.58. The lowest BCUT2D eigenvalue weighted by Crippen LogP contribution is -2.43. The van der Waals surface area contributed by atoms with E-state index in [2.05, 4.69) is 11.8 Å². The van der Waals surface area contributed by atoms with Gasteiger partial charge in [0, 0.05) is 12.1 Å². The summed E-state index contributed by atoms with van der Waals surface area (Å²) in [6.45, 7) is 4.37. The van der Waals surface area contributed by atoms with Crippen LogP contribution in [0.2, 0.25) is 0 Å². The van der Waals surface area contributed by atoms with Gasteiger partial charge in [0.05, 0.1) is 6.33 Å². The van der Waals surface area contributed by atoms with Crippen LogP contribution in [0, 0.1) is 5.41 Å². The van der Waals surface area contributed by atoms with Crippen molar-refractivity contribution < 1.29 is 4.39 Å². The lowest BCUT2D eigenvalue weighted by atomic mass is 9.76. The van der Waals surface area contributed by atoms with E-state index in [4.69, 9.17) is 0 Å². The molecule has 0 aromatic rings. The number of nitrogens with zero attached hydrogens (tertiary/aromatic N) is 1. The fourth-order valence-electron chi connectivity index (χ4n) is 4.20. The quantitative estimate of drug-likeness (QED) is 0.674. The fraction of sp³-hybridized carbons (Fsp3) is 0.846. The molecule has 0 bridgehead atoms. The molecule has 0 N–H and O–H groups in total. The number of fused-ring (bicyclic) bond motifs is 2. The highest BCUT2D eigenvalue weighted by Crippen LogP contribution is 2.67. The van der Waals surface area contributed by atoms with Gasteiger partial charge in [0.25, 0.3) is 0 Å². The molecule has 3 fully saturated rings. The van der Waals surface area contributed by atoms with Crippen molar-refractivity contribution in [3.63, 3.8) is 0 Å². The van der Waals surface area contributed by atoms with Crippen LogP contribution in [0.25, 0.3) is 0 Å². The van der Waals surface area contributed by atoms with E-state index in [1.807, 2.05) is 0 Å². The van der Waals surface area contributed by atoms with Crippen LogP contribution in [0.1, 0.15) is 45.4 Å². The van der Waals surface area contributed by atoms with Crippen LogP contribution < -0.4 is 0 Å². The first kappa shape index (κ1) is 9.83. The molecule has 2 heterocycles. The van der Waals surface area contributed by atoms with Gasteiger partial charge in [-0.1, -0.05) is 13.3 Å². The summed E-state index contributed by atoms with van der Waals surface area (Å²) in [5.41, 5.74) is 1.99. The Kier molecular flexibility index (Phi) is 2.01. The molecule has 1 nitrogen and oxygen atoms in total. The molecule has 1 aliphatic carbocycles. The van der Waals surface area contributed by atoms with E-state index in [0.717, 1.165) is 24.9 Å². The van der Waals surface area contributed by atoms with Crippen molar-refractivity contribution in [2.75, 3.05) is 13.1 Å². The van der Waals surface area contributed by atoms with E-state index in [-0.39, 0.29) is 0 Å². The SMILES string of the molecule is CCC[C@]12C/C(=C/F)CN1CCC21CC1. The van der Waals surface area contributed by atoms with Gasteiger partial charge >= 0.3 is 0 Å². The molecule has 1 spiro atoms. The standard InChI is InChI=1S/C13H20FN/c1-2-3-13-8-11(9-14)10-15(13)7-6-12(13)4-5-12/h9H,2-8,10H2,1H3/b11-9-/t13-/m1/s1. The monoisotopic (exact) mass is 209 g/mol. The number of rotatable bonds is 2. The average molecular weight is 209 g/mol. The minimum absolute atomic E-state index is 0.361. The van der Waals surface area contributed by atoms with E-state index in [1.54, 1.807) is 0 Å². The predicted molar refractivity (Wildman–Crippen MR) is 59.3 cm³/mol. The molecular formula is C13H20FN. The third-order valence-corrected chi connectivity index (χ3v) is 5.04. The maximum atomic E-state index is 12.7. The highest BCUT2D eigenvalue weighted by molar-refractivity contribution is 5.28. The lowest BCUT2D eigenvalue weighted by molar-refractivity contribution is 0.123. The normalized spacial score (nSPS) is 40.3. The smallest absolute Gasteiger partial charge is 0.0872 e. The molecule has 84 valence electrons. The molecule has 0 aromatic heterocycles. The number of hydrogen-bond donors (Lipinski definition) is 0. The van der Waals surface area contributed by atoms with Crippen LogP contribution in [-0.2, 0) is 0 Å². The van der Waals surface area contributed by atoms with Crippen molar-refractivity contribution in [3.05, 3.63) is 11.9 Å². The van der Waals surface area contributed by atoms with Crippen LogP contribution in [-0.4, -0.2) is 23.5 Å². The van der Waals surface area contributed by atoms with Crippen molar-refractivity contribution in [3.8, 4) is 0 Å². The molecule has 1 saturated carbocycles.